The second-order valence-corrected chi connectivity index (χ2v) is 8.83. The monoisotopic (exact) mass is 483 g/mol. The Morgan fingerprint density at radius 1 is 1.06 bits per heavy atom. The van der Waals surface area contributed by atoms with E-state index in [1.807, 2.05) is 17.0 Å². The second kappa shape index (κ2) is 9.00. The lowest BCUT2D eigenvalue weighted by Crippen LogP contribution is -2.38. The van der Waals surface area contributed by atoms with Crippen molar-refractivity contribution in [1.82, 2.24) is 19.5 Å². The summed E-state index contributed by atoms with van der Waals surface area (Å²) in [7, 11) is 0. The van der Waals surface area contributed by atoms with Crippen molar-refractivity contribution in [2.45, 2.75) is 18.8 Å². The number of hydrogen-bond acceptors (Lipinski definition) is 4. The molecule has 1 fully saturated rings. The van der Waals surface area contributed by atoms with Crippen LogP contribution in [0.4, 0.5) is 15.9 Å². The zero-order valence-corrected chi connectivity index (χ0v) is 19.0. The van der Waals surface area contributed by atoms with E-state index in [1.165, 1.54) is 12.1 Å². The van der Waals surface area contributed by atoms with E-state index in [1.54, 1.807) is 41.2 Å². The highest BCUT2D eigenvalue weighted by Crippen LogP contribution is 2.32. The van der Waals surface area contributed by atoms with Gasteiger partial charge in [0.05, 0.1) is 16.9 Å². The highest BCUT2D eigenvalue weighted by atomic mass is 35.5. The van der Waals surface area contributed by atoms with Gasteiger partial charge in [0.1, 0.15) is 17.2 Å². The predicted octanol–water partition coefficient (Wildman–Crippen LogP) is 5.94. The van der Waals surface area contributed by atoms with Crippen molar-refractivity contribution in [2.24, 2.45) is 0 Å². The van der Waals surface area contributed by atoms with Gasteiger partial charge in [-0.2, -0.15) is 9.61 Å². The lowest BCUT2D eigenvalue weighted by Gasteiger charge is -2.32. The van der Waals surface area contributed by atoms with E-state index >= 15 is 0 Å². The number of nitrogens with zero attached hydrogens (tertiary/aromatic N) is 4. The van der Waals surface area contributed by atoms with Gasteiger partial charge in [-0.05, 0) is 54.7 Å². The van der Waals surface area contributed by atoms with Crippen molar-refractivity contribution in [1.29, 1.82) is 0 Å². The van der Waals surface area contributed by atoms with Crippen LogP contribution in [0.1, 0.15) is 34.7 Å². The van der Waals surface area contributed by atoms with Crippen molar-refractivity contribution < 1.29 is 9.18 Å². The van der Waals surface area contributed by atoms with Gasteiger partial charge in [-0.15, -0.1) is 0 Å². The fourth-order valence-corrected chi connectivity index (χ4v) is 4.53. The maximum Gasteiger partial charge on any atom is 0.259 e. The van der Waals surface area contributed by atoms with Crippen LogP contribution in [0.5, 0.6) is 0 Å². The van der Waals surface area contributed by atoms with Crippen molar-refractivity contribution >= 4 is 46.3 Å². The SMILES string of the molecule is O=C(c1cnc2ccnn2c1Nc1cc(Cl)ccc1Cl)N1CCC(c2ccc(F)cc2)CC1. The van der Waals surface area contributed by atoms with Gasteiger partial charge in [0.2, 0.25) is 0 Å². The molecule has 5 rings (SSSR count). The van der Waals surface area contributed by atoms with Crippen molar-refractivity contribution in [3.8, 4) is 0 Å². The van der Waals surface area contributed by atoms with Crippen LogP contribution in [0.3, 0.4) is 0 Å². The molecular formula is C24H20Cl2FN5O. The van der Waals surface area contributed by atoms with E-state index in [0.717, 1.165) is 18.4 Å². The molecule has 1 amide bonds. The molecule has 1 aliphatic rings. The standard InChI is InChI=1S/C24H20Cl2FN5O/c25-17-3-6-20(26)21(13-17)30-23-19(14-28-22-7-10-29-32(22)23)24(33)31-11-8-16(9-12-31)15-1-4-18(27)5-2-15/h1-7,10,13-14,16,30H,8-9,11-12H2. The maximum absolute atomic E-state index is 13.5. The van der Waals surface area contributed by atoms with Gasteiger partial charge in [0.15, 0.2) is 5.65 Å². The molecule has 0 radical (unpaired) electrons. The zero-order chi connectivity index (χ0) is 22.9. The highest BCUT2D eigenvalue weighted by molar-refractivity contribution is 6.35. The summed E-state index contributed by atoms with van der Waals surface area (Å²) in [5.41, 5.74) is 2.65. The maximum atomic E-state index is 13.5. The van der Waals surface area contributed by atoms with Crippen LogP contribution in [0.2, 0.25) is 10.0 Å². The Morgan fingerprint density at radius 3 is 2.58 bits per heavy atom. The van der Waals surface area contributed by atoms with Crippen LogP contribution in [-0.2, 0) is 0 Å². The van der Waals surface area contributed by atoms with E-state index in [-0.39, 0.29) is 11.7 Å². The summed E-state index contributed by atoms with van der Waals surface area (Å²) >= 11 is 12.5. The molecule has 1 saturated heterocycles. The average molecular weight is 484 g/mol. The summed E-state index contributed by atoms with van der Waals surface area (Å²) in [6.45, 7) is 1.19. The predicted molar refractivity (Wildman–Crippen MR) is 127 cm³/mol. The molecule has 2 aromatic carbocycles. The van der Waals surface area contributed by atoms with E-state index in [9.17, 15) is 9.18 Å². The van der Waals surface area contributed by atoms with Crippen LogP contribution < -0.4 is 5.32 Å². The number of anilines is 2. The fraction of sp³-hybridized carbons (Fsp3) is 0.208. The number of carbonyl (C=O) groups excluding carboxylic acids is 1. The summed E-state index contributed by atoms with van der Waals surface area (Å²) < 4.78 is 14.8. The van der Waals surface area contributed by atoms with Gasteiger partial charge in [-0.1, -0.05) is 35.3 Å². The van der Waals surface area contributed by atoms with Gasteiger partial charge in [0.25, 0.3) is 5.91 Å². The van der Waals surface area contributed by atoms with Gasteiger partial charge >= 0.3 is 0 Å². The molecule has 0 aliphatic carbocycles. The molecule has 6 nitrogen and oxygen atoms in total. The molecule has 168 valence electrons. The molecule has 33 heavy (non-hydrogen) atoms. The number of benzene rings is 2. The van der Waals surface area contributed by atoms with E-state index in [0.29, 0.717) is 51.8 Å². The first-order valence-electron chi connectivity index (χ1n) is 10.6. The molecule has 0 bridgehead atoms. The first kappa shape index (κ1) is 21.7. The Morgan fingerprint density at radius 2 is 1.82 bits per heavy atom. The summed E-state index contributed by atoms with van der Waals surface area (Å²) in [5.74, 6) is 0.384. The largest absolute Gasteiger partial charge is 0.338 e. The minimum atomic E-state index is -0.243. The Kier molecular flexibility index (Phi) is 5.91. The number of likely N-dealkylation sites (tertiary alicyclic amines) is 1. The van der Waals surface area contributed by atoms with Crippen LogP contribution >= 0.6 is 23.2 Å². The number of carbonyl (C=O) groups is 1. The first-order valence-corrected chi connectivity index (χ1v) is 11.3. The normalized spacial score (nSPS) is 14.6. The number of nitrogens with one attached hydrogen (secondary N) is 1. The quantitative estimate of drug-likeness (QED) is 0.390. The average Bonchev–Trinajstić information content (AvgIpc) is 3.31. The molecule has 2 aromatic heterocycles. The van der Waals surface area contributed by atoms with Crippen molar-refractivity contribution in [2.75, 3.05) is 18.4 Å². The van der Waals surface area contributed by atoms with E-state index in [2.05, 4.69) is 15.4 Å². The lowest BCUT2D eigenvalue weighted by molar-refractivity contribution is 0.0713. The van der Waals surface area contributed by atoms with E-state index in [4.69, 9.17) is 23.2 Å². The molecule has 1 N–H and O–H groups in total. The van der Waals surface area contributed by atoms with Crippen molar-refractivity contribution in [3.05, 3.63) is 87.9 Å². The molecule has 0 spiro atoms. The number of halogens is 3. The third-order valence-corrected chi connectivity index (χ3v) is 6.52. The number of rotatable bonds is 4. The number of amides is 1. The van der Waals surface area contributed by atoms with Crippen LogP contribution in [0.15, 0.2) is 60.9 Å². The Balaban J connectivity index is 1.41. The van der Waals surface area contributed by atoms with Gasteiger partial charge in [-0.25, -0.2) is 9.37 Å². The Bertz CT molecular complexity index is 1320. The molecule has 0 atom stereocenters. The third-order valence-electron chi connectivity index (χ3n) is 5.95. The third kappa shape index (κ3) is 4.38. The minimum absolute atomic E-state index is 0.141. The van der Waals surface area contributed by atoms with Crippen LogP contribution in [0.25, 0.3) is 5.65 Å². The van der Waals surface area contributed by atoms with Gasteiger partial charge in [0, 0.05) is 30.4 Å². The van der Waals surface area contributed by atoms with Crippen LogP contribution in [0, 0.1) is 5.82 Å². The molecule has 0 saturated carbocycles. The zero-order valence-electron chi connectivity index (χ0n) is 17.5. The number of hydrogen-bond donors (Lipinski definition) is 1. The molecule has 4 aromatic rings. The molecule has 1 aliphatic heterocycles. The number of fused-ring (bicyclic) bond motifs is 1. The number of aromatic nitrogens is 3. The topological polar surface area (TPSA) is 62.5 Å². The molecule has 3 heterocycles. The molecular weight excluding hydrogens is 464 g/mol. The van der Waals surface area contributed by atoms with Gasteiger partial charge < -0.3 is 10.2 Å². The smallest absolute Gasteiger partial charge is 0.259 e. The number of piperidine rings is 1. The van der Waals surface area contributed by atoms with Crippen molar-refractivity contribution in [3.63, 3.8) is 0 Å². The fourth-order valence-electron chi connectivity index (χ4n) is 4.19. The van der Waals surface area contributed by atoms with E-state index < -0.39 is 0 Å². The van der Waals surface area contributed by atoms with Crippen LogP contribution in [-0.4, -0.2) is 38.5 Å². The summed E-state index contributed by atoms with van der Waals surface area (Å²) in [6, 6.07) is 13.5. The summed E-state index contributed by atoms with van der Waals surface area (Å²) in [6.07, 6.45) is 4.79. The minimum Gasteiger partial charge on any atom is -0.338 e. The second-order valence-electron chi connectivity index (χ2n) is 7.99. The Labute approximate surface area is 199 Å². The molecule has 0 unspecified atom stereocenters. The lowest BCUT2D eigenvalue weighted by atomic mass is 9.89. The summed E-state index contributed by atoms with van der Waals surface area (Å²) in [5, 5.41) is 8.54. The van der Waals surface area contributed by atoms with Gasteiger partial charge in [-0.3, -0.25) is 4.79 Å². The molecule has 9 heteroatoms. The Hall–Kier alpha value is -3.16. The summed E-state index contributed by atoms with van der Waals surface area (Å²) in [4.78, 5) is 19.7. The highest BCUT2D eigenvalue weighted by Gasteiger charge is 2.27. The first-order chi connectivity index (χ1) is 16.0.